The van der Waals surface area contributed by atoms with Gasteiger partial charge in [0.05, 0.1) is 0 Å². The third-order valence-electron chi connectivity index (χ3n) is 5.56. The van der Waals surface area contributed by atoms with E-state index in [1.807, 2.05) is 97.1 Å². The number of hydrogen-bond acceptors (Lipinski definition) is 3. The lowest BCUT2D eigenvalue weighted by molar-refractivity contribution is -0.134. The van der Waals surface area contributed by atoms with E-state index >= 15 is 0 Å². The van der Waals surface area contributed by atoms with Gasteiger partial charge in [-0.1, -0.05) is 84.9 Å². The number of ketones is 1. The minimum atomic E-state index is -0.426. The van der Waals surface area contributed by atoms with Gasteiger partial charge in [0.2, 0.25) is 0 Å². The molecule has 0 aromatic heterocycles. The molecule has 0 spiro atoms. The highest BCUT2D eigenvalue weighted by molar-refractivity contribution is 6.22. The van der Waals surface area contributed by atoms with Crippen molar-refractivity contribution >= 4 is 33.9 Å². The molecule has 0 atom stereocenters. The lowest BCUT2D eigenvalue weighted by atomic mass is 9.83. The normalized spacial score (nSPS) is 12.8. The van der Waals surface area contributed by atoms with E-state index in [0.29, 0.717) is 22.5 Å². The lowest BCUT2D eigenvalue weighted by Gasteiger charge is -2.22. The van der Waals surface area contributed by atoms with Crippen LogP contribution in [0.5, 0.6) is 0 Å². The molecule has 4 aromatic rings. The fourth-order valence-electron chi connectivity index (χ4n) is 4.16. The van der Waals surface area contributed by atoms with E-state index in [2.05, 4.69) is 0 Å². The zero-order chi connectivity index (χ0) is 22.1. The topological polar surface area (TPSA) is 43.4 Å². The number of fused-ring (bicyclic) bond motifs is 2. The second kappa shape index (κ2) is 8.12. The molecule has 5 rings (SSSR count). The molecule has 0 fully saturated rings. The zero-order valence-electron chi connectivity index (χ0n) is 17.5. The smallest absolute Gasteiger partial charge is 0.308 e. The van der Waals surface area contributed by atoms with Gasteiger partial charge >= 0.3 is 5.97 Å². The number of carbonyl (C=O) groups is 2. The Balaban J connectivity index is 1.83. The first-order chi connectivity index (χ1) is 15.6. The lowest BCUT2D eigenvalue weighted by Crippen LogP contribution is -2.15. The zero-order valence-corrected chi connectivity index (χ0v) is 17.5. The molecule has 0 saturated carbocycles. The molecule has 0 unspecified atom stereocenters. The van der Waals surface area contributed by atoms with Crippen molar-refractivity contribution in [1.29, 1.82) is 0 Å². The van der Waals surface area contributed by atoms with E-state index in [1.54, 1.807) is 6.08 Å². The Morgan fingerprint density at radius 1 is 0.688 bits per heavy atom. The summed E-state index contributed by atoms with van der Waals surface area (Å²) in [5.41, 5.74) is 4.31. The molecule has 0 radical (unpaired) electrons. The maximum Gasteiger partial charge on any atom is 0.308 e. The molecule has 0 amide bonds. The molecular formula is C29H20O3. The van der Waals surface area contributed by atoms with Gasteiger partial charge in [0.15, 0.2) is 5.78 Å². The maximum absolute atomic E-state index is 13.8. The van der Waals surface area contributed by atoms with Crippen molar-refractivity contribution in [2.45, 2.75) is 6.92 Å². The molecular weight excluding hydrogens is 396 g/mol. The predicted octanol–water partition coefficient (Wildman–Crippen LogP) is 6.44. The van der Waals surface area contributed by atoms with Gasteiger partial charge in [0.1, 0.15) is 5.76 Å². The van der Waals surface area contributed by atoms with Crippen molar-refractivity contribution in [3.63, 3.8) is 0 Å². The summed E-state index contributed by atoms with van der Waals surface area (Å²) in [7, 11) is 0. The van der Waals surface area contributed by atoms with Crippen LogP contribution in [0, 0.1) is 0 Å². The van der Waals surface area contributed by atoms with Crippen LogP contribution >= 0.6 is 0 Å². The third kappa shape index (κ3) is 3.54. The molecule has 3 nitrogen and oxygen atoms in total. The molecule has 0 saturated heterocycles. The Kier molecular flexibility index (Phi) is 5.00. The molecule has 1 aliphatic carbocycles. The van der Waals surface area contributed by atoms with Crippen LogP contribution in [-0.2, 0) is 9.53 Å². The van der Waals surface area contributed by atoms with Gasteiger partial charge in [-0.25, -0.2) is 0 Å². The molecule has 154 valence electrons. The highest BCUT2D eigenvalue weighted by atomic mass is 16.5. The minimum Gasteiger partial charge on any atom is -0.426 e. The van der Waals surface area contributed by atoms with Crippen molar-refractivity contribution in [1.82, 2.24) is 0 Å². The summed E-state index contributed by atoms with van der Waals surface area (Å²) in [5, 5.41) is 1.94. The van der Waals surface area contributed by atoms with E-state index in [4.69, 9.17) is 4.74 Å². The van der Waals surface area contributed by atoms with Crippen molar-refractivity contribution in [3.05, 3.63) is 131 Å². The van der Waals surface area contributed by atoms with Gasteiger partial charge in [-0.05, 0) is 40.1 Å². The summed E-state index contributed by atoms with van der Waals surface area (Å²) < 4.78 is 5.60. The summed E-state index contributed by atoms with van der Waals surface area (Å²) in [5.74, 6) is -0.133. The number of hydrogen-bond donors (Lipinski definition) is 0. The number of esters is 1. The summed E-state index contributed by atoms with van der Waals surface area (Å²) in [6.45, 7) is 1.37. The van der Waals surface area contributed by atoms with E-state index in [1.165, 1.54) is 6.92 Å². The van der Waals surface area contributed by atoms with Crippen LogP contribution in [0.3, 0.4) is 0 Å². The van der Waals surface area contributed by atoms with Crippen LogP contribution in [0.25, 0.3) is 22.1 Å². The minimum absolute atomic E-state index is 0.0932. The fourth-order valence-corrected chi connectivity index (χ4v) is 4.16. The van der Waals surface area contributed by atoms with E-state index in [0.717, 1.165) is 27.5 Å². The third-order valence-corrected chi connectivity index (χ3v) is 5.56. The number of rotatable bonds is 3. The Labute approximate surface area is 186 Å². The Bertz CT molecular complexity index is 1370. The van der Waals surface area contributed by atoms with E-state index in [9.17, 15) is 9.59 Å². The van der Waals surface area contributed by atoms with Gasteiger partial charge in [-0.2, -0.15) is 0 Å². The second-order valence-corrected chi connectivity index (χ2v) is 7.70. The van der Waals surface area contributed by atoms with Crippen molar-refractivity contribution in [2.75, 3.05) is 0 Å². The predicted molar refractivity (Wildman–Crippen MR) is 127 cm³/mol. The van der Waals surface area contributed by atoms with E-state index in [-0.39, 0.29) is 5.78 Å². The van der Waals surface area contributed by atoms with Crippen LogP contribution < -0.4 is 0 Å². The van der Waals surface area contributed by atoms with Crippen LogP contribution in [0.2, 0.25) is 0 Å². The molecule has 1 aliphatic rings. The van der Waals surface area contributed by atoms with Gasteiger partial charge in [0, 0.05) is 29.2 Å². The standard InChI is InChI=1S/C29H20O3/c1-19(30)32-27-18-26(28(20-10-4-2-5-11-20)21-12-6-3-7-13-21)29(31)25-17-23-15-9-8-14-22(23)16-24(25)27/h2-18H,1H3. The first-order valence-electron chi connectivity index (χ1n) is 10.4. The average molecular weight is 416 g/mol. The van der Waals surface area contributed by atoms with Crippen LogP contribution in [-0.4, -0.2) is 11.8 Å². The van der Waals surface area contributed by atoms with Crippen LogP contribution in [0.1, 0.15) is 34.0 Å². The van der Waals surface area contributed by atoms with Gasteiger partial charge < -0.3 is 4.74 Å². The molecule has 0 N–H and O–H groups in total. The molecule has 4 aromatic carbocycles. The van der Waals surface area contributed by atoms with Crippen LogP contribution in [0.4, 0.5) is 0 Å². The molecule has 32 heavy (non-hydrogen) atoms. The Hall–Kier alpha value is -4.24. The van der Waals surface area contributed by atoms with Gasteiger partial charge in [-0.15, -0.1) is 0 Å². The largest absolute Gasteiger partial charge is 0.426 e. The first-order valence-corrected chi connectivity index (χ1v) is 10.4. The summed E-state index contributed by atoms with van der Waals surface area (Å²) >= 11 is 0. The quantitative estimate of drug-likeness (QED) is 0.285. The van der Waals surface area contributed by atoms with E-state index < -0.39 is 5.97 Å². The summed E-state index contributed by atoms with van der Waals surface area (Å²) in [6.07, 6.45) is 1.70. The highest BCUT2D eigenvalue weighted by Gasteiger charge is 2.28. The number of ether oxygens (including phenoxy) is 1. The summed E-state index contributed by atoms with van der Waals surface area (Å²) in [6, 6.07) is 31.3. The number of carbonyl (C=O) groups excluding carboxylic acids is 2. The second-order valence-electron chi connectivity index (χ2n) is 7.70. The Morgan fingerprint density at radius 2 is 1.19 bits per heavy atom. The molecule has 0 bridgehead atoms. The fraction of sp³-hybridized carbons (Fsp3) is 0.0345. The van der Waals surface area contributed by atoms with Gasteiger partial charge in [-0.3, -0.25) is 9.59 Å². The molecule has 0 heterocycles. The van der Waals surface area contributed by atoms with Gasteiger partial charge in [0.25, 0.3) is 0 Å². The number of allylic oxidation sites excluding steroid dienone is 2. The number of Topliss-reactive ketones (excluding diaryl/α,β-unsaturated/α-hetero) is 1. The average Bonchev–Trinajstić information content (AvgIpc) is 2.82. The SMILES string of the molecule is CC(=O)OC1=CC(=C(c2ccccc2)c2ccccc2)C(=O)c2cc3ccccc3cc21. The Morgan fingerprint density at radius 3 is 1.72 bits per heavy atom. The number of benzene rings is 4. The van der Waals surface area contributed by atoms with Crippen LogP contribution in [0.15, 0.2) is 109 Å². The van der Waals surface area contributed by atoms with Crippen molar-refractivity contribution < 1.29 is 14.3 Å². The van der Waals surface area contributed by atoms with Crippen molar-refractivity contribution in [3.8, 4) is 0 Å². The first kappa shape index (κ1) is 19.7. The summed E-state index contributed by atoms with van der Waals surface area (Å²) in [4.78, 5) is 25.8. The maximum atomic E-state index is 13.8. The van der Waals surface area contributed by atoms with Crippen molar-refractivity contribution in [2.24, 2.45) is 0 Å². The molecule has 0 aliphatic heterocycles. The highest BCUT2D eigenvalue weighted by Crippen LogP contribution is 2.38. The monoisotopic (exact) mass is 416 g/mol. The molecule has 3 heteroatoms.